The molecule has 0 bridgehead atoms. The van der Waals surface area contributed by atoms with Gasteiger partial charge in [0.2, 0.25) is 11.8 Å². The highest BCUT2D eigenvalue weighted by Crippen LogP contribution is 2.11. The molecule has 1 aliphatic heterocycles. The summed E-state index contributed by atoms with van der Waals surface area (Å²) in [5.41, 5.74) is 10.5. The monoisotopic (exact) mass is 499 g/mol. The van der Waals surface area contributed by atoms with Crippen molar-refractivity contribution in [2.24, 2.45) is 16.5 Å². The van der Waals surface area contributed by atoms with Crippen LogP contribution in [0.2, 0.25) is 0 Å². The minimum Gasteiger partial charge on any atom is -0.480 e. The summed E-state index contributed by atoms with van der Waals surface area (Å²) in [5.74, 6) is -1.63. The average molecular weight is 500 g/mol. The molecule has 1 heterocycles. The van der Waals surface area contributed by atoms with Gasteiger partial charge in [-0.3, -0.25) is 14.6 Å². The topological polar surface area (TPSA) is 186 Å². The summed E-state index contributed by atoms with van der Waals surface area (Å²) >= 11 is 0. The summed E-state index contributed by atoms with van der Waals surface area (Å²) in [6.07, 6.45) is 13.1. The maximum atomic E-state index is 12.0. The van der Waals surface area contributed by atoms with Crippen LogP contribution in [0.25, 0.3) is 0 Å². The number of nitrogens with zero attached hydrogens (tertiary/aromatic N) is 1. The third kappa shape index (κ3) is 18.2. The minimum absolute atomic E-state index is 0.0222. The van der Waals surface area contributed by atoms with E-state index in [-0.39, 0.29) is 17.8 Å². The molecule has 11 nitrogen and oxygen atoms in total. The van der Waals surface area contributed by atoms with E-state index in [1.807, 2.05) is 0 Å². The van der Waals surface area contributed by atoms with E-state index in [0.717, 1.165) is 12.8 Å². The second-order valence-electron chi connectivity index (χ2n) is 8.67. The van der Waals surface area contributed by atoms with Gasteiger partial charge in [-0.05, 0) is 25.7 Å². The smallest absolute Gasteiger partial charge is 0.328 e. The van der Waals surface area contributed by atoms with Gasteiger partial charge in [0.05, 0.1) is 7.11 Å². The Hall–Kier alpha value is -2.85. The Labute approximate surface area is 208 Å². The molecule has 0 unspecified atom stereocenters. The van der Waals surface area contributed by atoms with Crippen molar-refractivity contribution in [2.45, 2.75) is 109 Å². The van der Waals surface area contributed by atoms with Crippen LogP contribution in [0.5, 0.6) is 0 Å². The predicted octanol–water partition coefficient (Wildman–Crippen LogP) is 1.97. The number of carbonyl (C=O) groups is 4. The second kappa shape index (κ2) is 20.5. The quantitative estimate of drug-likeness (QED) is 0.0869. The molecular formula is C24H45N5O6. The highest BCUT2D eigenvalue weighted by atomic mass is 16.5. The number of carbonyl (C=O) groups excluding carboxylic acids is 3. The number of unbranched alkanes of at least 4 members (excludes halogenated alkanes) is 8. The lowest BCUT2D eigenvalue weighted by Crippen LogP contribution is -2.41. The molecule has 0 radical (unpaired) electrons. The molecule has 0 spiro atoms. The highest BCUT2D eigenvalue weighted by molar-refractivity contribution is 5.87. The molecule has 1 rings (SSSR count). The van der Waals surface area contributed by atoms with Crippen molar-refractivity contribution in [2.75, 3.05) is 13.7 Å². The number of aliphatic carboxylic acids is 1. The lowest BCUT2D eigenvalue weighted by Gasteiger charge is -2.16. The average Bonchev–Trinajstić information content (AvgIpc) is 3.26. The number of carboxylic acids is 1. The van der Waals surface area contributed by atoms with Crippen LogP contribution in [0, 0.1) is 0 Å². The Morgan fingerprint density at radius 3 is 2.14 bits per heavy atom. The standard InChI is InChI=1S/C19H38N4O3.C5H7NO3/c1-3-4-5-6-7-8-9-10-11-14-17(24)23-16(18(25)26-2)13-12-15-22-19(20)21;7-4-2-1-3(6-4)5(8)9/h16H,3-15H2,1-2H3,(H,23,24)(H4,20,21,22);3H,1-2H2,(H,6,7)(H,8,9)/t16-;3-/m00/s1. The van der Waals surface area contributed by atoms with E-state index in [4.69, 9.17) is 21.3 Å². The van der Waals surface area contributed by atoms with Crippen LogP contribution in [-0.2, 0) is 23.9 Å². The first kappa shape index (κ1) is 32.1. The molecule has 1 aliphatic rings. The van der Waals surface area contributed by atoms with Crippen LogP contribution in [0.1, 0.15) is 96.8 Å². The fourth-order valence-electron chi connectivity index (χ4n) is 3.56. The third-order valence-electron chi connectivity index (χ3n) is 5.57. The van der Waals surface area contributed by atoms with Gasteiger partial charge in [-0.1, -0.05) is 58.3 Å². The SMILES string of the molecule is CCCCCCCCCCCC(=O)N[C@@H](CCCN=C(N)N)C(=O)OC.O=C1CC[C@@H](C(=O)O)N1. The van der Waals surface area contributed by atoms with Gasteiger partial charge < -0.3 is 31.9 Å². The number of guanidine groups is 1. The number of esters is 1. The first-order valence-electron chi connectivity index (χ1n) is 12.7. The van der Waals surface area contributed by atoms with Crippen molar-refractivity contribution in [3.63, 3.8) is 0 Å². The second-order valence-corrected chi connectivity index (χ2v) is 8.67. The number of hydrogen-bond acceptors (Lipinski definition) is 6. The van der Waals surface area contributed by atoms with Gasteiger partial charge in [-0.25, -0.2) is 9.59 Å². The molecule has 202 valence electrons. The Kier molecular flexibility index (Phi) is 18.8. The van der Waals surface area contributed by atoms with Gasteiger partial charge in [-0.2, -0.15) is 0 Å². The summed E-state index contributed by atoms with van der Waals surface area (Å²) in [6.45, 7) is 2.64. The van der Waals surface area contributed by atoms with Crippen molar-refractivity contribution in [1.82, 2.24) is 10.6 Å². The Morgan fingerprint density at radius 1 is 1.09 bits per heavy atom. The number of amides is 2. The number of nitrogens with two attached hydrogens (primary N) is 2. The number of nitrogens with one attached hydrogen (secondary N) is 2. The van der Waals surface area contributed by atoms with E-state index in [1.54, 1.807) is 0 Å². The normalized spacial score (nSPS) is 15.3. The number of rotatable bonds is 17. The number of methoxy groups -OCH3 is 1. The van der Waals surface area contributed by atoms with Crippen LogP contribution < -0.4 is 22.1 Å². The van der Waals surface area contributed by atoms with Crippen LogP contribution in [0.15, 0.2) is 4.99 Å². The molecule has 0 aromatic rings. The molecule has 1 saturated heterocycles. The van der Waals surface area contributed by atoms with Crippen molar-refractivity contribution in [3.8, 4) is 0 Å². The fourth-order valence-corrected chi connectivity index (χ4v) is 3.56. The van der Waals surface area contributed by atoms with Crippen LogP contribution in [-0.4, -0.2) is 60.6 Å². The number of carboxylic acid groups (broad SMARTS) is 1. The fraction of sp³-hybridized carbons (Fsp3) is 0.792. The van der Waals surface area contributed by atoms with E-state index in [1.165, 1.54) is 52.1 Å². The lowest BCUT2D eigenvalue weighted by molar-refractivity contribution is -0.145. The molecule has 0 saturated carbocycles. The van der Waals surface area contributed by atoms with Crippen LogP contribution >= 0.6 is 0 Å². The maximum Gasteiger partial charge on any atom is 0.328 e. The molecule has 0 aromatic heterocycles. The molecule has 2 atom stereocenters. The Balaban J connectivity index is 0.00000106. The van der Waals surface area contributed by atoms with Gasteiger partial charge in [0.1, 0.15) is 12.1 Å². The van der Waals surface area contributed by atoms with E-state index >= 15 is 0 Å². The predicted molar refractivity (Wildman–Crippen MR) is 135 cm³/mol. The number of ether oxygens (including phenoxy) is 1. The van der Waals surface area contributed by atoms with E-state index in [2.05, 4.69) is 22.5 Å². The van der Waals surface area contributed by atoms with E-state index in [0.29, 0.717) is 38.6 Å². The van der Waals surface area contributed by atoms with Gasteiger partial charge >= 0.3 is 11.9 Å². The van der Waals surface area contributed by atoms with Gasteiger partial charge in [-0.15, -0.1) is 0 Å². The highest BCUT2D eigenvalue weighted by Gasteiger charge is 2.26. The zero-order valence-corrected chi connectivity index (χ0v) is 21.4. The molecule has 35 heavy (non-hydrogen) atoms. The van der Waals surface area contributed by atoms with Gasteiger partial charge in [0.25, 0.3) is 0 Å². The summed E-state index contributed by atoms with van der Waals surface area (Å²) in [4.78, 5) is 48.2. The molecular weight excluding hydrogens is 454 g/mol. The van der Waals surface area contributed by atoms with Gasteiger partial charge in [0.15, 0.2) is 5.96 Å². The van der Waals surface area contributed by atoms with E-state index < -0.39 is 24.0 Å². The Morgan fingerprint density at radius 2 is 1.69 bits per heavy atom. The van der Waals surface area contributed by atoms with E-state index in [9.17, 15) is 19.2 Å². The molecule has 0 aliphatic carbocycles. The zero-order valence-electron chi connectivity index (χ0n) is 21.4. The molecule has 2 amide bonds. The molecule has 7 N–H and O–H groups in total. The summed E-state index contributed by atoms with van der Waals surface area (Å²) in [7, 11) is 1.32. The molecule has 1 fully saturated rings. The Bertz CT molecular complexity index is 667. The number of hydrogen-bond donors (Lipinski definition) is 5. The number of aliphatic imine (C=N–C) groups is 1. The molecule has 11 heteroatoms. The van der Waals surface area contributed by atoms with Crippen molar-refractivity contribution in [3.05, 3.63) is 0 Å². The van der Waals surface area contributed by atoms with Crippen molar-refractivity contribution < 1.29 is 29.0 Å². The summed E-state index contributed by atoms with van der Waals surface area (Å²) in [6, 6.07) is -1.28. The first-order valence-corrected chi connectivity index (χ1v) is 12.7. The largest absolute Gasteiger partial charge is 0.480 e. The summed E-state index contributed by atoms with van der Waals surface area (Å²) < 4.78 is 4.75. The third-order valence-corrected chi connectivity index (χ3v) is 5.57. The summed E-state index contributed by atoms with van der Waals surface area (Å²) in [5, 5.41) is 13.4. The van der Waals surface area contributed by atoms with Crippen LogP contribution in [0.4, 0.5) is 0 Å². The van der Waals surface area contributed by atoms with Crippen LogP contribution in [0.3, 0.4) is 0 Å². The zero-order chi connectivity index (χ0) is 26.5. The minimum atomic E-state index is -0.944. The van der Waals surface area contributed by atoms with Crippen molar-refractivity contribution in [1.29, 1.82) is 0 Å². The first-order chi connectivity index (χ1) is 16.7. The maximum absolute atomic E-state index is 12.0. The van der Waals surface area contributed by atoms with Gasteiger partial charge in [0, 0.05) is 19.4 Å². The lowest BCUT2D eigenvalue weighted by atomic mass is 10.1. The van der Waals surface area contributed by atoms with Crippen molar-refractivity contribution >= 4 is 29.7 Å². The molecule has 0 aromatic carbocycles.